The molecule has 1 saturated heterocycles. The smallest absolute Gasteiger partial charge is 0.0605 e. The van der Waals surface area contributed by atoms with Gasteiger partial charge in [-0.1, -0.05) is 0 Å². The second-order valence-corrected chi connectivity index (χ2v) is 4.46. The van der Waals surface area contributed by atoms with Crippen molar-refractivity contribution in [1.82, 2.24) is 0 Å². The molecule has 1 aromatic rings. The molecule has 0 saturated carbocycles. The second kappa shape index (κ2) is 4.74. The van der Waals surface area contributed by atoms with Crippen LogP contribution >= 0.6 is 0 Å². The van der Waals surface area contributed by atoms with E-state index in [1.807, 2.05) is 6.07 Å². The molecular weight excluding hydrogens is 200 g/mol. The van der Waals surface area contributed by atoms with Crippen LogP contribution in [0, 0.1) is 6.92 Å². The molecule has 0 bridgehead atoms. The summed E-state index contributed by atoms with van der Waals surface area (Å²) >= 11 is 0. The quantitative estimate of drug-likeness (QED) is 0.776. The Kier molecular flexibility index (Phi) is 3.34. The van der Waals surface area contributed by atoms with Gasteiger partial charge in [0.05, 0.1) is 6.10 Å². The Labute approximate surface area is 97.2 Å². The minimum atomic E-state index is 0.436. The lowest BCUT2D eigenvalue weighted by Crippen LogP contribution is -2.36. The topological polar surface area (TPSA) is 38.5 Å². The van der Waals surface area contributed by atoms with Gasteiger partial charge in [0.25, 0.3) is 0 Å². The number of nitrogens with zero attached hydrogens (tertiary/aromatic N) is 1. The molecule has 0 atom stereocenters. The van der Waals surface area contributed by atoms with Gasteiger partial charge in [0.1, 0.15) is 0 Å². The molecule has 1 aliphatic rings. The van der Waals surface area contributed by atoms with Crippen molar-refractivity contribution < 1.29 is 4.74 Å². The van der Waals surface area contributed by atoms with Gasteiger partial charge >= 0.3 is 0 Å². The highest BCUT2D eigenvalue weighted by molar-refractivity contribution is 5.58. The van der Waals surface area contributed by atoms with Gasteiger partial charge in [-0.2, -0.15) is 0 Å². The van der Waals surface area contributed by atoms with E-state index in [-0.39, 0.29) is 0 Å². The Morgan fingerprint density at radius 1 is 1.31 bits per heavy atom. The van der Waals surface area contributed by atoms with Crippen LogP contribution in [0.3, 0.4) is 0 Å². The second-order valence-electron chi connectivity index (χ2n) is 4.46. The summed E-state index contributed by atoms with van der Waals surface area (Å²) in [6, 6.07) is 6.27. The summed E-state index contributed by atoms with van der Waals surface area (Å²) in [5.41, 5.74) is 9.13. The molecule has 16 heavy (non-hydrogen) atoms. The fourth-order valence-corrected chi connectivity index (χ4v) is 2.21. The lowest BCUT2D eigenvalue weighted by atomic mass is 10.1. The standard InChI is InChI=1S/C13H20N2O/c1-10-9-11(3-4-13(10)14)15-7-5-12(16-2)6-8-15/h3-4,9,12H,5-8,14H2,1-2H3. The van der Waals surface area contributed by atoms with E-state index in [2.05, 4.69) is 24.0 Å². The number of piperidine rings is 1. The molecule has 2 N–H and O–H groups in total. The van der Waals surface area contributed by atoms with Gasteiger partial charge in [0.15, 0.2) is 0 Å². The third-order valence-corrected chi connectivity index (χ3v) is 3.39. The normalized spacial score (nSPS) is 17.8. The Bertz CT molecular complexity index is 357. The maximum absolute atomic E-state index is 5.82. The Morgan fingerprint density at radius 3 is 2.56 bits per heavy atom. The van der Waals surface area contributed by atoms with Crippen molar-refractivity contribution in [3.05, 3.63) is 23.8 Å². The van der Waals surface area contributed by atoms with E-state index in [0.717, 1.165) is 37.2 Å². The summed E-state index contributed by atoms with van der Waals surface area (Å²) in [6.45, 7) is 4.20. The lowest BCUT2D eigenvalue weighted by molar-refractivity contribution is 0.0819. The van der Waals surface area contributed by atoms with Crippen LogP contribution in [0.2, 0.25) is 0 Å². The van der Waals surface area contributed by atoms with Crippen LogP contribution < -0.4 is 10.6 Å². The summed E-state index contributed by atoms with van der Waals surface area (Å²) in [7, 11) is 1.80. The van der Waals surface area contributed by atoms with E-state index >= 15 is 0 Å². The summed E-state index contributed by atoms with van der Waals surface area (Å²) in [5, 5.41) is 0. The number of nitrogen functional groups attached to an aromatic ring is 1. The van der Waals surface area contributed by atoms with Crippen LogP contribution in [0.15, 0.2) is 18.2 Å². The maximum Gasteiger partial charge on any atom is 0.0605 e. The van der Waals surface area contributed by atoms with E-state index in [4.69, 9.17) is 10.5 Å². The van der Waals surface area contributed by atoms with Gasteiger partial charge in [-0.3, -0.25) is 0 Å². The SMILES string of the molecule is COC1CCN(c2ccc(N)c(C)c2)CC1. The first-order chi connectivity index (χ1) is 7.70. The highest BCUT2D eigenvalue weighted by Gasteiger charge is 2.18. The van der Waals surface area contributed by atoms with Crippen molar-refractivity contribution in [2.75, 3.05) is 30.8 Å². The van der Waals surface area contributed by atoms with Crippen molar-refractivity contribution in [3.63, 3.8) is 0 Å². The summed E-state index contributed by atoms with van der Waals surface area (Å²) in [4.78, 5) is 2.40. The van der Waals surface area contributed by atoms with Crippen molar-refractivity contribution in [3.8, 4) is 0 Å². The summed E-state index contributed by atoms with van der Waals surface area (Å²) < 4.78 is 5.37. The Balaban J connectivity index is 2.05. The van der Waals surface area contributed by atoms with Crippen LogP contribution in [0.5, 0.6) is 0 Å². The summed E-state index contributed by atoms with van der Waals surface area (Å²) in [6.07, 6.45) is 2.66. The van der Waals surface area contributed by atoms with Crippen LogP contribution in [-0.2, 0) is 4.74 Å². The average Bonchev–Trinajstić information content (AvgIpc) is 2.33. The third-order valence-electron chi connectivity index (χ3n) is 3.39. The van der Waals surface area contributed by atoms with Crippen LogP contribution in [0.4, 0.5) is 11.4 Å². The fourth-order valence-electron chi connectivity index (χ4n) is 2.21. The van der Waals surface area contributed by atoms with Crippen molar-refractivity contribution in [1.29, 1.82) is 0 Å². The Hall–Kier alpha value is -1.22. The molecule has 1 heterocycles. The molecule has 3 nitrogen and oxygen atoms in total. The Morgan fingerprint density at radius 2 is 2.00 bits per heavy atom. The molecule has 0 aromatic heterocycles. The molecule has 88 valence electrons. The molecule has 1 aliphatic heterocycles. The number of ether oxygens (including phenoxy) is 1. The van der Waals surface area contributed by atoms with Gasteiger partial charge in [-0.15, -0.1) is 0 Å². The molecule has 0 radical (unpaired) electrons. The molecule has 0 amide bonds. The van der Waals surface area contributed by atoms with Crippen molar-refractivity contribution in [2.45, 2.75) is 25.9 Å². The van der Waals surface area contributed by atoms with Crippen molar-refractivity contribution in [2.24, 2.45) is 0 Å². The zero-order valence-corrected chi connectivity index (χ0v) is 10.1. The van der Waals surface area contributed by atoms with E-state index in [1.165, 1.54) is 5.69 Å². The van der Waals surface area contributed by atoms with Crippen LogP contribution in [-0.4, -0.2) is 26.3 Å². The lowest BCUT2D eigenvalue weighted by Gasteiger charge is -2.33. The predicted octanol–water partition coefficient (Wildman–Crippen LogP) is 2.19. The number of hydrogen-bond donors (Lipinski definition) is 1. The van der Waals surface area contributed by atoms with Gasteiger partial charge in [0, 0.05) is 31.6 Å². The number of anilines is 2. The van der Waals surface area contributed by atoms with Gasteiger partial charge in [-0.05, 0) is 43.5 Å². The summed E-state index contributed by atoms with van der Waals surface area (Å²) in [5.74, 6) is 0. The zero-order chi connectivity index (χ0) is 11.5. The van der Waals surface area contributed by atoms with Gasteiger partial charge < -0.3 is 15.4 Å². The fraction of sp³-hybridized carbons (Fsp3) is 0.538. The number of nitrogens with two attached hydrogens (primary N) is 1. The molecule has 0 unspecified atom stereocenters. The number of hydrogen-bond acceptors (Lipinski definition) is 3. The van der Waals surface area contributed by atoms with E-state index < -0.39 is 0 Å². The van der Waals surface area contributed by atoms with E-state index in [9.17, 15) is 0 Å². The molecule has 1 fully saturated rings. The van der Waals surface area contributed by atoms with Crippen LogP contribution in [0.25, 0.3) is 0 Å². The molecule has 2 rings (SSSR count). The maximum atomic E-state index is 5.82. The highest BCUT2D eigenvalue weighted by atomic mass is 16.5. The number of aryl methyl sites for hydroxylation is 1. The first-order valence-electron chi connectivity index (χ1n) is 5.84. The van der Waals surface area contributed by atoms with Crippen molar-refractivity contribution >= 4 is 11.4 Å². The molecule has 1 aromatic carbocycles. The van der Waals surface area contributed by atoms with Gasteiger partial charge in [-0.25, -0.2) is 0 Å². The molecular formula is C13H20N2O. The number of rotatable bonds is 2. The zero-order valence-electron chi connectivity index (χ0n) is 10.1. The van der Waals surface area contributed by atoms with Gasteiger partial charge in [0.2, 0.25) is 0 Å². The largest absolute Gasteiger partial charge is 0.399 e. The third kappa shape index (κ3) is 2.30. The average molecular weight is 220 g/mol. The molecule has 0 aliphatic carbocycles. The minimum absolute atomic E-state index is 0.436. The first-order valence-corrected chi connectivity index (χ1v) is 5.84. The number of methoxy groups -OCH3 is 1. The molecule has 0 spiro atoms. The van der Waals surface area contributed by atoms with E-state index in [0.29, 0.717) is 6.10 Å². The first kappa shape index (κ1) is 11.3. The minimum Gasteiger partial charge on any atom is -0.399 e. The predicted molar refractivity (Wildman–Crippen MR) is 67.8 cm³/mol. The monoisotopic (exact) mass is 220 g/mol. The van der Waals surface area contributed by atoms with E-state index in [1.54, 1.807) is 7.11 Å². The van der Waals surface area contributed by atoms with Crippen LogP contribution in [0.1, 0.15) is 18.4 Å². The number of benzene rings is 1. The molecule has 3 heteroatoms. The highest BCUT2D eigenvalue weighted by Crippen LogP contribution is 2.24.